The van der Waals surface area contributed by atoms with Crippen LogP contribution in [0.4, 0.5) is 0 Å². The largest absolute Gasteiger partial charge is 0.490 e. The van der Waals surface area contributed by atoms with Crippen LogP contribution in [0.2, 0.25) is 0 Å². The molecular weight excluding hydrogens is 236 g/mol. The maximum absolute atomic E-state index is 5.97. The lowest BCUT2D eigenvalue weighted by Crippen LogP contribution is -2.25. The van der Waals surface area contributed by atoms with Crippen molar-refractivity contribution in [2.75, 3.05) is 13.2 Å². The van der Waals surface area contributed by atoms with E-state index in [9.17, 15) is 0 Å². The van der Waals surface area contributed by atoms with E-state index >= 15 is 0 Å². The summed E-state index contributed by atoms with van der Waals surface area (Å²) in [6.07, 6.45) is 8.85. The van der Waals surface area contributed by atoms with Crippen molar-refractivity contribution in [3.8, 4) is 5.75 Å². The molecule has 0 radical (unpaired) electrons. The topological polar surface area (TPSA) is 18.5 Å². The molecule has 1 aliphatic rings. The Labute approximate surface area is 117 Å². The summed E-state index contributed by atoms with van der Waals surface area (Å²) in [5.74, 6) is 1.00. The first-order valence-electron chi connectivity index (χ1n) is 7.72. The minimum absolute atomic E-state index is 0.337. The van der Waals surface area contributed by atoms with Gasteiger partial charge in [-0.25, -0.2) is 0 Å². The maximum atomic E-state index is 5.97. The lowest BCUT2D eigenvalue weighted by molar-refractivity contribution is 0.0255. The summed E-state index contributed by atoms with van der Waals surface area (Å²) in [6.45, 7) is 3.92. The molecule has 2 heteroatoms. The number of ether oxygens (including phenoxy) is 2. The van der Waals surface area contributed by atoms with Crippen LogP contribution >= 0.6 is 0 Å². The summed E-state index contributed by atoms with van der Waals surface area (Å²) in [5.41, 5.74) is 1.43. The highest BCUT2D eigenvalue weighted by Crippen LogP contribution is 2.19. The first-order chi connectivity index (χ1) is 9.38. The highest BCUT2D eigenvalue weighted by molar-refractivity contribution is 5.27. The van der Waals surface area contributed by atoms with Crippen LogP contribution in [-0.4, -0.2) is 19.3 Å². The SMILES string of the molecule is CCCCCCc1ccc(OC2CCOCC2)cc1. The summed E-state index contributed by atoms with van der Waals surface area (Å²) >= 11 is 0. The van der Waals surface area contributed by atoms with Crippen LogP contribution < -0.4 is 4.74 Å². The van der Waals surface area contributed by atoms with E-state index < -0.39 is 0 Å². The zero-order valence-electron chi connectivity index (χ0n) is 12.1. The van der Waals surface area contributed by atoms with Gasteiger partial charge < -0.3 is 9.47 Å². The van der Waals surface area contributed by atoms with E-state index in [1.807, 2.05) is 0 Å². The Morgan fingerprint density at radius 3 is 2.47 bits per heavy atom. The first kappa shape index (κ1) is 14.4. The molecule has 0 amide bonds. The second kappa shape index (κ2) is 8.21. The number of unbranched alkanes of at least 4 members (excludes halogenated alkanes) is 3. The van der Waals surface area contributed by atoms with E-state index in [4.69, 9.17) is 9.47 Å². The predicted octanol–water partition coefficient (Wildman–Crippen LogP) is 4.37. The quantitative estimate of drug-likeness (QED) is 0.679. The van der Waals surface area contributed by atoms with Gasteiger partial charge in [0.15, 0.2) is 0 Å². The van der Waals surface area contributed by atoms with Crippen molar-refractivity contribution >= 4 is 0 Å². The zero-order valence-corrected chi connectivity index (χ0v) is 12.1. The van der Waals surface area contributed by atoms with Gasteiger partial charge in [-0.15, -0.1) is 0 Å². The highest BCUT2D eigenvalue weighted by Gasteiger charge is 2.14. The fourth-order valence-corrected chi connectivity index (χ4v) is 2.48. The molecule has 0 N–H and O–H groups in total. The van der Waals surface area contributed by atoms with Crippen molar-refractivity contribution in [2.45, 2.75) is 58.0 Å². The number of hydrogen-bond acceptors (Lipinski definition) is 2. The molecule has 1 heterocycles. The fourth-order valence-electron chi connectivity index (χ4n) is 2.48. The van der Waals surface area contributed by atoms with Crippen LogP contribution in [0.25, 0.3) is 0 Å². The molecule has 1 fully saturated rings. The van der Waals surface area contributed by atoms with E-state index in [1.165, 1.54) is 37.7 Å². The van der Waals surface area contributed by atoms with Gasteiger partial charge in [0.2, 0.25) is 0 Å². The third-order valence-electron chi connectivity index (χ3n) is 3.71. The molecule has 0 aromatic heterocycles. The Balaban J connectivity index is 1.74. The Kier molecular flexibility index (Phi) is 6.22. The number of benzene rings is 1. The van der Waals surface area contributed by atoms with Crippen molar-refractivity contribution in [1.29, 1.82) is 0 Å². The molecule has 0 unspecified atom stereocenters. The average Bonchev–Trinajstić information content (AvgIpc) is 2.46. The minimum atomic E-state index is 0.337. The lowest BCUT2D eigenvalue weighted by atomic mass is 10.1. The molecule has 1 aromatic rings. The predicted molar refractivity (Wildman–Crippen MR) is 78.8 cm³/mol. The number of aryl methyl sites for hydroxylation is 1. The zero-order chi connectivity index (χ0) is 13.3. The van der Waals surface area contributed by atoms with Crippen LogP contribution in [0, 0.1) is 0 Å². The van der Waals surface area contributed by atoms with E-state index in [2.05, 4.69) is 31.2 Å². The summed E-state index contributed by atoms with van der Waals surface area (Å²) in [6, 6.07) is 8.65. The third-order valence-corrected chi connectivity index (χ3v) is 3.71. The Morgan fingerprint density at radius 1 is 1.05 bits per heavy atom. The smallest absolute Gasteiger partial charge is 0.119 e. The summed E-state index contributed by atoms with van der Waals surface area (Å²) in [7, 11) is 0. The molecule has 19 heavy (non-hydrogen) atoms. The molecule has 0 spiro atoms. The van der Waals surface area contributed by atoms with E-state index in [-0.39, 0.29) is 0 Å². The molecule has 2 nitrogen and oxygen atoms in total. The van der Waals surface area contributed by atoms with Gasteiger partial charge in [0, 0.05) is 12.8 Å². The van der Waals surface area contributed by atoms with Crippen molar-refractivity contribution in [3.05, 3.63) is 29.8 Å². The standard InChI is InChI=1S/C17H26O2/c1-2-3-4-5-6-15-7-9-16(10-8-15)19-17-11-13-18-14-12-17/h7-10,17H,2-6,11-14H2,1H3. The molecule has 0 atom stereocenters. The van der Waals surface area contributed by atoms with Gasteiger partial charge in [0.25, 0.3) is 0 Å². The van der Waals surface area contributed by atoms with Crippen LogP contribution in [0.15, 0.2) is 24.3 Å². The number of rotatable bonds is 7. The summed E-state index contributed by atoms with van der Waals surface area (Å²) < 4.78 is 11.3. The van der Waals surface area contributed by atoms with Crippen LogP contribution in [0.3, 0.4) is 0 Å². The van der Waals surface area contributed by atoms with Gasteiger partial charge in [-0.05, 0) is 30.5 Å². The second-order valence-electron chi connectivity index (χ2n) is 5.38. The van der Waals surface area contributed by atoms with Gasteiger partial charge in [-0.3, -0.25) is 0 Å². The van der Waals surface area contributed by atoms with Crippen molar-refractivity contribution in [1.82, 2.24) is 0 Å². The first-order valence-corrected chi connectivity index (χ1v) is 7.72. The van der Waals surface area contributed by atoms with Gasteiger partial charge in [-0.1, -0.05) is 38.3 Å². The van der Waals surface area contributed by atoms with Gasteiger partial charge in [0.05, 0.1) is 13.2 Å². The lowest BCUT2D eigenvalue weighted by Gasteiger charge is -2.23. The Bertz CT molecular complexity index is 339. The van der Waals surface area contributed by atoms with Crippen LogP contribution in [0.5, 0.6) is 5.75 Å². The molecule has 1 saturated heterocycles. The highest BCUT2D eigenvalue weighted by atomic mass is 16.5. The van der Waals surface area contributed by atoms with Gasteiger partial charge in [-0.2, -0.15) is 0 Å². The molecule has 1 aliphatic heterocycles. The van der Waals surface area contributed by atoms with E-state index in [1.54, 1.807) is 0 Å². The van der Waals surface area contributed by atoms with Crippen molar-refractivity contribution in [3.63, 3.8) is 0 Å². The van der Waals surface area contributed by atoms with Crippen LogP contribution in [0.1, 0.15) is 51.0 Å². The second-order valence-corrected chi connectivity index (χ2v) is 5.38. The fraction of sp³-hybridized carbons (Fsp3) is 0.647. The van der Waals surface area contributed by atoms with Gasteiger partial charge >= 0.3 is 0 Å². The maximum Gasteiger partial charge on any atom is 0.119 e. The third kappa shape index (κ3) is 5.23. The average molecular weight is 262 g/mol. The monoisotopic (exact) mass is 262 g/mol. The molecular formula is C17H26O2. The molecule has 1 aromatic carbocycles. The van der Waals surface area contributed by atoms with Crippen LogP contribution in [-0.2, 0) is 11.2 Å². The number of hydrogen-bond donors (Lipinski definition) is 0. The normalized spacial score (nSPS) is 16.5. The molecule has 2 rings (SSSR count). The Morgan fingerprint density at radius 2 is 1.79 bits per heavy atom. The molecule has 0 saturated carbocycles. The minimum Gasteiger partial charge on any atom is -0.490 e. The van der Waals surface area contributed by atoms with E-state index in [0.29, 0.717) is 6.10 Å². The van der Waals surface area contributed by atoms with Gasteiger partial charge in [0.1, 0.15) is 11.9 Å². The summed E-state index contributed by atoms with van der Waals surface area (Å²) in [5, 5.41) is 0. The summed E-state index contributed by atoms with van der Waals surface area (Å²) in [4.78, 5) is 0. The van der Waals surface area contributed by atoms with E-state index in [0.717, 1.165) is 31.8 Å². The Hall–Kier alpha value is -1.02. The molecule has 0 bridgehead atoms. The van der Waals surface area contributed by atoms with Crippen molar-refractivity contribution < 1.29 is 9.47 Å². The molecule has 0 aliphatic carbocycles. The van der Waals surface area contributed by atoms with Crippen molar-refractivity contribution in [2.24, 2.45) is 0 Å². The molecule has 106 valence electrons.